The Morgan fingerprint density at radius 2 is 2.05 bits per heavy atom. The van der Waals surface area contributed by atoms with Crippen LogP contribution in [-0.4, -0.2) is 17.3 Å². The average molecular weight is 318 g/mol. The molecule has 2 atom stereocenters. The third-order valence-electron chi connectivity index (χ3n) is 4.02. The van der Waals surface area contributed by atoms with Crippen molar-refractivity contribution in [2.75, 3.05) is 6.67 Å². The zero-order valence-electron chi connectivity index (χ0n) is 11.8. The number of allylic oxidation sites excluding steroid dienone is 1. The van der Waals surface area contributed by atoms with Gasteiger partial charge in [0, 0.05) is 17.3 Å². The van der Waals surface area contributed by atoms with E-state index in [1.54, 1.807) is 0 Å². The summed E-state index contributed by atoms with van der Waals surface area (Å²) >= 11 is 0. The first-order valence-electron chi connectivity index (χ1n) is 6.49. The Morgan fingerprint density at radius 3 is 2.55 bits per heavy atom. The second-order valence-electron chi connectivity index (χ2n) is 5.58. The maximum Gasteiger partial charge on any atom is 0.272 e. The average Bonchev–Trinajstić information content (AvgIpc) is 2.46. The normalized spacial score (nSPS) is 28.3. The van der Waals surface area contributed by atoms with E-state index in [4.69, 9.17) is 0 Å². The van der Waals surface area contributed by atoms with Gasteiger partial charge in [0.1, 0.15) is 6.67 Å². The number of non-ortho nitro benzene ring substituents is 1. The van der Waals surface area contributed by atoms with Crippen LogP contribution in [-0.2, 0) is 5.54 Å². The third-order valence-corrected chi connectivity index (χ3v) is 4.02. The Balaban J connectivity index is 2.48. The summed E-state index contributed by atoms with van der Waals surface area (Å²) in [6, 6.07) is 1.36. The van der Waals surface area contributed by atoms with E-state index in [1.807, 2.05) is 0 Å². The lowest BCUT2D eigenvalue weighted by Crippen LogP contribution is -2.52. The standard InChI is InChI=1S/C14H14F4N2O2/c1-8-14(18,7-15)4-3-13(2,19-8)10-5-9(20(21)22)6-11(16)12(10)17/h5-6,19H,1,3-4,7H2,2H3/t13-,14-/m0/s1. The molecule has 1 heterocycles. The molecule has 22 heavy (non-hydrogen) atoms. The van der Waals surface area contributed by atoms with Gasteiger partial charge in [0.2, 0.25) is 0 Å². The Kier molecular flexibility index (Phi) is 3.88. The highest BCUT2D eigenvalue weighted by atomic mass is 19.2. The van der Waals surface area contributed by atoms with E-state index in [9.17, 15) is 27.7 Å². The molecule has 120 valence electrons. The van der Waals surface area contributed by atoms with Gasteiger partial charge in [-0.05, 0) is 19.8 Å². The zero-order chi connectivity index (χ0) is 16.7. The smallest absolute Gasteiger partial charge is 0.272 e. The first-order valence-corrected chi connectivity index (χ1v) is 6.49. The lowest BCUT2D eigenvalue weighted by molar-refractivity contribution is -0.385. The Labute approximate surface area is 124 Å². The first kappa shape index (κ1) is 16.3. The molecule has 0 radical (unpaired) electrons. The van der Waals surface area contributed by atoms with Gasteiger partial charge in [-0.3, -0.25) is 10.1 Å². The van der Waals surface area contributed by atoms with Crippen molar-refractivity contribution in [3.8, 4) is 0 Å². The van der Waals surface area contributed by atoms with Crippen molar-refractivity contribution in [3.05, 3.63) is 51.7 Å². The molecule has 0 aliphatic carbocycles. The maximum atomic E-state index is 14.1. The topological polar surface area (TPSA) is 55.2 Å². The fourth-order valence-electron chi connectivity index (χ4n) is 2.54. The van der Waals surface area contributed by atoms with Crippen molar-refractivity contribution >= 4 is 5.69 Å². The summed E-state index contributed by atoms with van der Waals surface area (Å²) in [6.07, 6.45) is -0.375. The van der Waals surface area contributed by atoms with E-state index >= 15 is 0 Å². The van der Waals surface area contributed by atoms with Gasteiger partial charge in [-0.2, -0.15) is 0 Å². The molecule has 0 aromatic heterocycles. The minimum atomic E-state index is -2.28. The molecule has 0 amide bonds. The lowest BCUT2D eigenvalue weighted by atomic mass is 9.78. The minimum absolute atomic E-state index is 0.0794. The highest BCUT2D eigenvalue weighted by molar-refractivity contribution is 5.41. The number of nitro benzene ring substituents is 1. The molecule has 1 saturated heterocycles. The molecule has 1 fully saturated rings. The quantitative estimate of drug-likeness (QED) is 0.526. The highest BCUT2D eigenvalue weighted by Crippen LogP contribution is 2.42. The Morgan fingerprint density at radius 1 is 1.41 bits per heavy atom. The lowest BCUT2D eigenvalue weighted by Gasteiger charge is -2.43. The number of nitrogens with zero attached hydrogens (tertiary/aromatic N) is 1. The Bertz CT molecular complexity index is 652. The predicted molar refractivity (Wildman–Crippen MR) is 71.7 cm³/mol. The summed E-state index contributed by atoms with van der Waals surface area (Å²) in [5.41, 5.74) is -4.84. The number of nitro groups is 1. The third kappa shape index (κ3) is 2.53. The van der Waals surface area contributed by atoms with E-state index in [1.165, 1.54) is 6.92 Å². The number of benzene rings is 1. The van der Waals surface area contributed by atoms with Gasteiger partial charge in [-0.15, -0.1) is 0 Å². The molecule has 0 unspecified atom stereocenters. The summed E-state index contributed by atoms with van der Waals surface area (Å²) in [7, 11) is 0. The van der Waals surface area contributed by atoms with Crippen molar-refractivity contribution in [1.82, 2.24) is 5.32 Å². The van der Waals surface area contributed by atoms with Gasteiger partial charge in [0.25, 0.3) is 5.69 Å². The molecule has 0 saturated carbocycles. The molecule has 0 spiro atoms. The van der Waals surface area contributed by atoms with Crippen molar-refractivity contribution < 1.29 is 22.5 Å². The molecular formula is C14H14F4N2O2. The van der Waals surface area contributed by atoms with Crippen LogP contribution in [0.5, 0.6) is 0 Å². The van der Waals surface area contributed by atoms with Gasteiger partial charge in [-0.1, -0.05) is 6.58 Å². The van der Waals surface area contributed by atoms with E-state index in [0.29, 0.717) is 6.07 Å². The molecule has 0 bridgehead atoms. The molecule has 1 aromatic rings. The van der Waals surface area contributed by atoms with Crippen LogP contribution in [0.15, 0.2) is 24.4 Å². The van der Waals surface area contributed by atoms with Gasteiger partial charge in [0.05, 0.1) is 16.5 Å². The predicted octanol–water partition coefficient (Wildman–Crippen LogP) is 3.66. The Hall–Kier alpha value is -2.12. The van der Waals surface area contributed by atoms with Gasteiger partial charge in [-0.25, -0.2) is 17.6 Å². The summed E-state index contributed by atoms with van der Waals surface area (Å²) in [6.45, 7) is 3.53. The summed E-state index contributed by atoms with van der Waals surface area (Å²) < 4.78 is 54.5. The van der Waals surface area contributed by atoms with Crippen LogP contribution in [0.25, 0.3) is 0 Å². The van der Waals surface area contributed by atoms with Crippen LogP contribution in [0.4, 0.5) is 23.2 Å². The largest absolute Gasteiger partial charge is 0.377 e. The molecule has 8 heteroatoms. The van der Waals surface area contributed by atoms with Crippen molar-refractivity contribution in [3.63, 3.8) is 0 Å². The molecule has 4 nitrogen and oxygen atoms in total. The van der Waals surface area contributed by atoms with Crippen LogP contribution in [0, 0.1) is 21.7 Å². The number of alkyl halides is 2. The van der Waals surface area contributed by atoms with Gasteiger partial charge >= 0.3 is 0 Å². The van der Waals surface area contributed by atoms with Crippen molar-refractivity contribution in [2.45, 2.75) is 31.0 Å². The number of nitrogens with one attached hydrogen (secondary N) is 1. The maximum absolute atomic E-state index is 14.1. The molecular weight excluding hydrogens is 304 g/mol. The fourth-order valence-corrected chi connectivity index (χ4v) is 2.54. The molecule has 2 rings (SSSR count). The molecule has 1 aliphatic heterocycles. The number of rotatable bonds is 3. The van der Waals surface area contributed by atoms with E-state index in [2.05, 4.69) is 11.9 Å². The van der Waals surface area contributed by atoms with Crippen molar-refractivity contribution in [1.29, 1.82) is 0 Å². The number of hydrogen-bond acceptors (Lipinski definition) is 3. The molecule has 1 N–H and O–H groups in total. The zero-order valence-corrected chi connectivity index (χ0v) is 11.8. The number of piperidine rings is 1. The van der Waals surface area contributed by atoms with Crippen LogP contribution in [0.3, 0.4) is 0 Å². The van der Waals surface area contributed by atoms with E-state index in [-0.39, 0.29) is 24.1 Å². The highest BCUT2D eigenvalue weighted by Gasteiger charge is 2.46. The van der Waals surface area contributed by atoms with Crippen LogP contribution in [0.1, 0.15) is 25.3 Å². The van der Waals surface area contributed by atoms with Crippen molar-refractivity contribution in [2.24, 2.45) is 0 Å². The second-order valence-corrected chi connectivity index (χ2v) is 5.58. The number of hydrogen-bond donors (Lipinski definition) is 1. The summed E-state index contributed by atoms with van der Waals surface area (Å²) in [5, 5.41) is 13.3. The van der Waals surface area contributed by atoms with Crippen LogP contribution < -0.4 is 5.32 Å². The first-order chi connectivity index (χ1) is 10.1. The van der Waals surface area contributed by atoms with Gasteiger partial charge < -0.3 is 5.32 Å². The number of halogens is 4. The molecule has 1 aromatic carbocycles. The van der Waals surface area contributed by atoms with E-state index < -0.39 is 40.1 Å². The van der Waals surface area contributed by atoms with E-state index in [0.717, 1.165) is 6.07 Å². The second kappa shape index (κ2) is 5.26. The molecule has 1 aliphatic rings. The fraction of sp³-hybridized carbons (Fsp3) is 0.429. The SMILES string of the molecule is C=C1N[C@](C)(c2cc([N+](=O)[O-])cc(F)c2F)CC[C@]1(F)CF. The van der Waals surface area contributed by atoms with Crippen LogP contribution >= 0.6 is 0 Å². The van der Waals surface area contributed by atoms with Crippen LogP contribution in [0.2, 0.25) is 0 Å². The van der Waals surface area contributed by atoms with Gasteiger partial charge in [0.15, 0.2) is 17.3 Å². The summed E-state index contributed by atoms with van der Waals surface area (Å²) in [5.74, 6) is -2.64. The minimum Gasteiger partial charge on any atom is -0.377 e. The monoisotopic (exact) mass is 318 g/mol. The summed E-state index contributed by atoms with van der Waals surface area (Å²) in [4.78, 5) is 9.93.